The number of rotatable bonds is 12. The molecule has 164 valence electrons. The zero-order valence-corrected chi connectivity index (χ0v) is 16.6. The highest BCUT2D eigenvalue weighted by Crippen LogP contribution is 2.03. The minimum absolute atomic E-state index is 0.124. The summed E-state index contributed by atoms with van der Waals surface area (Å²) >= 11 is 0. The Labute approximate surface area is 173 Å². The van der Waals surface area contributed by atoms with Gasteiger partial charge in [0.1, 0.15) is 18.6 Å². The molecule has 3 atom stereocenters. The first-order valence-corrected chi connectivity index (χ1v) is 9.28. The molecule has 0 aliphatic carbocycles. The number of primary amides is 1. The van der Waals surface area contributed by atoms with Crippen molar-refractivity contribution in [2.45, 2.75) is 44.3 Å². The fraction of sp³-hybridized carbons (Fsp3) is 0.421. The predicted molar refractivity (Wildman–Crippen MR) is 107 cm³/mol. The van der Waals surface area contributed by atoms with Gasteiger partial charge in [-0.05, 0) is 25.3 Å². The molecule has 0 aliphatic rings. The van der Waals surface area contributed by atoms with Gasteiger partial charge in [-0.15, -0.1) is 0 Å². The van der Waals surface area contributed by atoms with E-state index in [1.807, 2.05) is 30.3 Å². The van der Waals surface area contributed by atoms with Crippen LogP contribution in [0.25, 0.3) is 0 Å². The number of hydrogen-bond donors (Lipinski definition) is 6. The molecule has 0 fully saturated rings. The van der Waals surface area contributed by atoms with Crippen molar-refractivity contribution < 1.29 is 29.1 Å². The van der Waals surface area contributed by atoms with E-state index >= 15 is 0 Å². The summed E-state index contributed by atoms with van der Waals surface area (Å²) in [5.41, 5.74) is 11.8. The minimum atomic E-state index is -1.27. The van der Waals surface area contributed by atoms with Crippen molar-refractivity contribution in [3.05, 3.63) is 35.9 Å². The summed E-state index contributed by atoms with van der Waals surface area (Å²) in [6.07, 6.45) is -0.0469. The first-order chi connectivity index (χ1) is 14.1. The maximum Gasteiger partial charge on any atom is 0.322 e. The molecule has 0 spiro atoms. The third kappa shape index (κ3) is 9.15. The predicted octanol–water partition coefficient (Wildman–Crippen LogP) is -1.99. The van der Waals surface area contributed by atoms with Crippen molar-refractivity contribution in [1.29, 1.82) is 0 Å². The smallest absolute Gasteiger partial charge is 0.322 e. The van der Waals surface area contributed by atoms with E-state index in [1.165, 1.54) is 6.92 Å². The molecule has 1 aromatic carbocycles. The summed E-state index contributed by atoms with van der Waals surface area (Å²) in [5.74, 6) is -3.99. The molecule has 30 heavy (non-hydrogen) atoms. The lowest BCUT2D eigenvalue weighted by Gasteiger charge is -2.21. The summed E-state index contributed by atoms with van der Waals surface area (Å²) < 4.78 is 0. The van der Waals surface area contributed by atoms with Gasteiger partial charge in [0, 0.05) is 6.42 Å². The van der Waals surface area contributed by atoms with Crippen LogP contribution in [-0.4, -0.2) is 59.4 Å². The topological polar surface area (TPSA) is 194 Å². The van der Waals surface area contributed by atoms with E-state index in [-0.39, 0.29) is 19.3 Å². The van der Waals surface area contributed by atoms with Gasteiger partial charge in [-0.3, -0.25) is 24.0 Å². The lowest BCUT2D eigenvalue weighted by molar-refractivity contribution is -0.138. The number of hydrogen-bond acceptors (Lipinski definition) is 6. The lowest BCUT2D eigenvalue weighted by atomic mass is 10.1. The SMILES string of the molecule is C[C@H](NC(=O)[C@@H](N)Cc1ccccc1)C(=O)N[C@@H](CCC(N)=O)C(=O)NCC(=O)O. The molecule has 0 unspecified atom stereocenters. The normalized spacial score (nSPS) is 13.4. The molecule has 0 heterocycles. The summed E-state index contributed by atoms with van der Waals surface area (Å²) in [6.45, 7) is 0.755. The molecule has 0 saturated carbocycles. The lowest BCUT2D eigenvalue weighted by Crippen LogP contribution is -2.55. The van der Waals surface area contributed by atoms with Crippen LogP contribution in [0.5, 0.6) is 0 Å². The van der Waals surface area contributed by atoms with Crippen molar-refractivity contribution in [2.75, 3.05) is 6.54 Å². The molecular weight excluding hydrogens is 394 g/mol. The zero-order chi connectivity index (χ0) is 22.7. The van der Waals surface area contributed by atoms with Crippen LogP contribution in [0.4, 0.5) is 0 Å². The van der Waals surface area contributed by atoms with Gasteiger partial charge in [0.15, 0.2) is 0 Å². The molecule has 1 aromatic rings. The standard InChI is InChI=1S/C19H27N5O6/c1-11(23-18(29)13(20)9-12-5-3-2-4-6-12)17(28)24-14(7-8-15(21)25)19(30)22-10-16(26)27/h2-6,11,13-14H,7-10,20H2,1H3,(H2,21,25)(H,22,30)(H,23,29)(H,24,28)(H,26,27)/t11-,13-,14-/m0/s1. The highest BCUT2D eigenvalue weighted by atomic mass is 16.4. The number of aliphatic carboxylic acids is 1. The van der Waals surface area contributed by atoms with Crippen molar-refractivity contribution in [3.63, 3.8) is 0 Å². The maximum atomic E-state index is 12.4. The molecule has 0 bridgehead atoms. The molecule has 4 amide bonds. The molecule has 0 radical (unpaired) electrons. The van der Waals surface area contributed by atoms with Gasteiger partial charge in [0.2, 0.25) is 23.6 Å². The van der Waals surface area contributed by atoms with Crippen LogP contribution in [0.1, 0.15) is 25.3 Å². The van der Waals surface area contributed by atoms with E-state index in [1.54, 1.807) is 0 Å². The second-order valence-electron chi connectivity index (χ2n) is 6.70. The van der Waals surface area contributed by atoms with Gasteiger partial charge in [0.05, 0.1) is 6.04 Å². The Morgan fingerprint density at radius 3 is 2.20 bits per heavy atom. The molecule has 11 nitrogen and oxygen atoms in total. The number of carboxylic acid groups (broad SMARTS) is 1. The van der Waals surface area contributed by atoms with Gasteiger partial charge < -0.3 is 32.5 Å². The highest BCUT2D eigenvalue weighted by molar-refractivity contribution is 5.93. The van der Waals surface area contributed by atoms with Crippen LogP contribution in [-0.2, 0) is 30.4 Å². The van der Waals surface area contributed by atoms with E-state index in [0.717, 1.165) is 5.56 Å². The number of amides is 4. The van der Waals surface area contributed by atoms with Crippen LogP contribution < -0.4 is 27.4 Å². The number of benzene rings is 1. The van der Waals surface area contributed by atoms with E-state index in [9.17, 15) is 24.0 Å². The molecule has 0 aromatic heterocycles. The van der Waals surface area contributed by atoms with E-state index in [0.29, 0.717) is 0 Å². The van der Waals surface area contributed by atoms with E-state index in [2.05, 4.69) is 16.0 Å². The zero-order valence-electron chi connectivity index (χ0n) is 16.6. The van der Waals surface area contributed by atoms with Crippen molar-refractivity contribution in [1.82, 2.24) is 16.0 Å². The van der Waals surface area contributed by atoms with Gasteiger partial charge in [-0.1, -0.05) is 30.3 Å². The fourth-order valence-electron chi connectivity index (χ4n) is 2.48. The number of nitrogens with one attached hydrogen (secondary N) is 3. The number of carbonyl (C=O) groups excluding carboxylic acids is 4. The average Bonchev–Trinajstić information content (AvgIpc) is 2.69. The third-order valence-corrected chi connectivity index (χ3v) is 4.11. The molecule has 8 N–H and O–H groups in total. The number of carboxylic acids is 1. The van der Waals surface area contributed by atoms with Crippen LogP contribution in [0.2, 0.25) is 0 Å². The van der Waals surface area contributed by atoms with E-state index in [4.69, 9.17) is 16.6 Å². The van der Waals surface area contributed by atoms with Crippen molar-refractivity contribution in [3.8, 4) is 0 Å². The van der Waals surface area contributed by atoms with Crippen LogP contribution >= 0.6 is 0 Å². The van der Waals surface area contributed by atoms with Crippen LogP contribution in [0, 0.1) is 0 Å². The van der Waals surface area contributed by atoms with Crippen LogP contribution in [0.3, 0.4) is 0 Å². The van der Waals surface area contributed by atoms with Gasteiger partial charge >= 0.3 is 5.97 Å². The molecule has 0 aliphatic heterocycles. The summed E-state index contributed by atoms with van der Waals surface area (Å²) in [7, 11) is 0. The summed E-state index contributed by atoms with van der Waals surface area (Å²) in [4.78, 5) is 58.3. The quantitative estimate of drug-likeness (QED) is 0.225. The van der Waals surface area contributed by atoms with Gasteiger partial charge in [-0.2, -0.15) is 0 Å². The first kappa shape index (κ1) is 24.6. The highest BCUT2D eigenvalue weighted by Gasteiger charge is 2.26. The van der Waals surface area contributed by atoms with Crippen LogP contribution in [0.15, 0.2) is 30.3 Å². The average molecular weight is 421 g/mol. The Morgan fingerprint density at radius 2 is 1.63 bits per heavy atom. The minimum Gasteiger partial charge on any atom is -0.480 e. The number of carbonyl (C=O) groups is 5. The van der Waals surface area contributed by atoms with Crippen molar-refractivity contribution >= 4 is 29.6 Å². The summed E-state index contributed by atoms with van der Waals surface area (Å²) in [6, 6.07) is 6.01. The number of nitrogens with two attached hydrogens (primary N) is 2. The Hall–Kier alpha value is -3.47. The molecule has 1 rings (SSSR count). The monoisotopic (exact) mass is 421 g/mol. The molecular formula is C19H27N5O6. The van der Waals surface area contributed by atoms with Crippen molar-refractivity contribution in [2.24, 2.45) is 11.5 Å². The Balaban J connectivity index is 2.65. The summed E-state index contributed by atoms with van der Waals surface area (Å²) in [5, 5.41) is 15.6. The largest absolute Gasteiger partial charge is 0.480 e. The third-order valence-electron chi connectivity index (χ3n) is 4.11. The maximum absolute atomic E-state index is 12.4. The van der Waals surface area contributed by atoms with Gasteiger partial charge in [0.25, 0.3) is 0 Å². The first-order valence-electron chi connectivity index (χ1n) is 9.28. The second kappa shape index (κ2) is 12.2. The Kier molecular flexibility index (Phi) is 9.97. The fourth-order valence-corrected chi connectivity index (χ4v) is 2.48. The van der Waals surface area contributed by atoms with Gasteiger partial charge in [-0.25, -0.2) is 0 Å². The molecule has 0 saturated heterocycles. The van der Waals surface area contributed by atoms with E-state index < -0.39 is 54.3 Å². The Bertz CT molecular complexity index is 770. The Morgan fingerprint density at radius 1 is 1.00 bits per heavy atom. The molecule has 11 heteroatoms. The second-order valence-corrected chi connectivity index (χ2v) is 6.70.